The van der Waals surface area contributed by atoms with Crippen LogP contribution in [0.3, 0.4) is 0 Å². The molecule has 0 radical (unpaired) electrons. The number of benzene rings is 1. The predicted octanol–water partition coefficient (Wildman–Crippen LogP) is 5.67. The van der Waals surface area contributed by atoms with E-state index >= 15 is 0 Å². The fourth-order valence-electron chi connectivity index (χ4n) is 5.41. The molecule has 1 aromatic carbocycles. The smallest absolute Gasteiger partial charge is 0.244 e. The third-order valence-electron chi connectivity index (χ3n) is 7.46. The minimum Gasteiger partial charge on any atom is -0.381 e. The number of thiophene rings is 1. The van der Waals surface area contributed by atoms with Gasteiger partial charge in [0.2, 0.25) is 5.91 Å². The fraction of sp³-hybridized carbons (Fsp3) is 0.536. The van der Waals surface area contributed by atoms with Gasteiger partial charge in [-0.2, -0.15) is 0 Å². The van der Waals surface area contributed by atoms with Gasteiger partial charge in [-0.05, 0) is 56.4 Å². The van der Waals surface area contributed by atoms with Gasteiger partial charge in [0.25, 0.3) is 0 Å². The quantitative estimate of drug-likeness (QED) is 0.421. The number of amides is 1. The summed E-state index contributed by atoms with van der Waals surface area (Å²) in [6.45, 7) is 5.17. The Labute approximate surface area is 203 Å². The third kappa shape index (κ3) is 6.78. The summed E-state index contributed by atoms with van der Waals surface area (Å²) >= 11 is 1.72. The van der Waals surface area contributed by atoms with Gasteiger partial charge >= 0.3 is 0 Å². The molecule has 4 rings (SSSR count). The van der Waals surface area contributed by atoms with E-state index in [9.17, 15) is 4.79 Å². The molecule has 1 saturated carbocycles. The Morgan fingerprint density at radius 2 is 1.73 bits per heavy atom. The lowest BCUT2D eigenvalue weighted by Crippen LogP contribution is -2.54. The van der Waals surface area contributed by atoms with Crippen LogP contribution < -0.4 is 5.32 Å². The molecule has 5 heteroatoms. The third-order valence-corrected chi connectivity index (χ3v) is 8.56. The number of quaternary nitrogens is 1. The Morgan fingerprint density at radius 3 is 2.42 bits per heavy atom. The van der Waals surface area contributed by atoms with Gasteiger partial charge in [0.1, 0.15) is 0 Å². The highest BCUT2D eigenvalue weighted by Gasteiger charge is 2.34. The standard InChI is InChI=1S/C28H38N2O2S/c1-21-4-8-23(9-5-21)27-14-12-26(33-27)13-15-28(31)29-24-10-6-22(7-11-24)20-30(2,3)25-16-18-32-19-17-25/h4-5,8-9,12-15,22,24-25H,6-7,10-11,16-20H2,1-3H3/p+1/b15-13+. The number of ether oxygens (including phenoxy) is 1. The van der Waals surface area contributed by atoms with Crippen LogP contribution in [0.1, 0.15) is 49.0 Å². The first-order valence-electron chi connectivity index (χ1n) is 12.4. The lowest BCUT2D eigenvalue weighted by Gasteiger charge is -2.43. The molecule has 33 heavy (non-hydrogen) atoms. The maximum absolute atomic E-state index is 12.5. The van der Waals surface area contributed by atoms with Gasteiger partial charge in [-0.1, -0.05) is 29.8 Å². The van der Waals surface area contributed by atoms with Crippen molar-refractivity contribution in [1.82, 2.24) is 5.32 Å². The van der Waals surface area contributed by atoms with Gasteiger partial charge in [0, 0.05) is 40.6 Å². The minimum atomic E-state index is 0.0297. The van der Waals surface area contributed by atoms with Gasteiger partial charge in [-0.3, -0.25) is 4.79 Å². The van der Waals surface area contributed by atoms with Crippen LogP contribution in [0.15, 0.2) is 42.5 Å². The van der Waals surface area contributed by atoms with Crippen LogP contribution in [-0.2, 0) is 9.53 Å². The van der Waals surface area contributed by atoms with Crippen LogP contribution in [0, 0.1) is 12.8 Å². The van der Waals surface area contributed by atoms with Gasteiger partial charge in [0.15, 0.2) is 0 Å². The van der Waals surface area contributed by atoms with E-state index in [0.717, 1.165) is 47.4 Å². The first kappa shape index (κ1) is 24.2. The molecule has 0 bridgehead atoms. The number of carbonyl (C=O) groups is 1. The van der Waals surface area contributed by atoms with Crippen molar-refractivity contribution in [3.63, 3.8) is 0 Å². The number of hydrogen-bond acceptors (Lipinski definition) is 3. The maximum atomic E-state index is 12.5. The van der Waals surface area contributed by atoms with Crippen molar-refractivity contribution in [2.24, 2.45) is 5.92 Å². The predicted molar refractivity (Wildman–Crippen MR) is 138 cm³/mol. The average molecular weight is 468 g/mol. The molecule has 1 aliphatic carbocycles. The largest absolute Gasteiger partial charge is 0.381 e. The van der Waals surface area contributed by atoms with E-state index in [1.165, 1.54) is 48.2 Å². The van der Waals surface area contributed by atoms with Crippen molar-refractivity contribution in [3.05, 3.63) is 52.9 Å². The average Bonchev–Trinajstić information content (AvgIpc) is 3.29. The van der Waals surface area contributed by atoms with E-state index in [2.05, 4.69) is 62.7 Å². The second-order valence-corrected chi connectivity index (χ2v) is 11.5. The van der Waals surface area contributed by atoms with E-state index in [0.29, 0.717) is 6.04 Å². The number of nitrogens with zero attached hydrogens (tertiary/aromatic N) is 1. The summed E-state index contributed by atoms with van der Waals surface area (Å²) in [6.07, 6.45) is 10.6. The van der Waals surface area contributed by atoms with Crippen molar-refractivity contribution in [2.45, 2.75) is 57.5 Å². The van der Waals surface area contributed by atoms with Crippen LogP contribution in [0.4, 0.5) is 0 Å². The fourth-order valence-corrected chi connectivity index (χ4v) is 6.33. The second-order valence-electron chi connectivity index (χ2n) is 10.4. The zero-order valence-corrected chi connectivity index (χ0v) is 21.2. The Bertz CT molecular complexity index is 933. The van der Waals surface area contributed by atoms with E-state index in [4.69, 9.17) is 4.74 Å². The molecule has 0 atom stereocenters. The highest BCUT2D eigenvalue weighted by Crippen LogP contribution is 2.30. The Balaban J connectivity index is 1.21. The topological polar surface area (TPSA) is 38.3 Å². The molecular formula is C28H39N2O2S+. The molecule has 178 valence electrons. The minimum absolute atomic E-state index is 0.0297. The van der Waals surface area contributed by atoms with E-state index < -0.39 is 0 Å². The summed E-state index contributed by atoms with van der Waals surface area (Å²) in [5, 5.41) is 3.24. The first-order valence-corrected chi connectivity index (χ1v) is 13.3. The second kappa shape index (κ2) is 11.0. The molecule has 2 fully saturated rings. The van der Waals surface area contributed by atoms with Crippen molar-refractivity contribution in [3.8, 4) is 10.4 Å². The summed E-state index contributed by atoms with van der Waals surface area (Å²) in [5.74, 6) is 0.792. The zero-order valence-electron chi connectivity index (χ0n) is 20.4. The van der Waals surface area contributed by atoms with Crippen molar-refractivity contribution in [2.75, 3.05) is 33.9 Å². The summed E-state index contributed by atoms with van der Waals surface area (Å²) in [6, 6.07) is 13.8. The molecule has 0 spiro atoms. The van der Waals surface area contributed by atoms with Gasteiger partial charge in [0.05, 0.1) is 39.9 Å². The number of rotatable bonds is 7. The van der Waals surface area contributed by atoms with E-state index in [-0.39, 0.29) is 5.91 Å². The van der Waals surface area contributed by atoms with Crippen molar-refractivity contribution >= 4 is 23.3 Å². The van der Waals surface area contributed by atoms with Crippen LogP contribution in [-0.4, -0.2) is 56.3 Å². The van der Waals surface area contributed by atoms with E-state index in [1.807, 2.05) is 6.08 Å². The Hall–Kier alpha value is -1.95. The molecule has 1 aromatic heterocycles. The van der Waals surface area contributed by atoms with Crippen molar-refractivity contribution < 1.29 is 14.0 Å². The summed E-state index contributed by atoms with van der Waals surface area (Å²) in [7, 11) is 4.78. The lowest BCUT2D eigenvalue weighted by atomic mass is 9.84. The molecule has 2 aromatic rings. The first-order chi connectivity index (χ1) is 15.9. The Kier molecular flexibility index (Phi) is 8.05. The van der Waals surface area contributed by atoms with Crippen LogP contribution >= 0.6 is 11.3 Å². The number of nitrogens with one attached hydrogen (secondary N) is 1. The zero-order chi connectivity index (χ0) is 23.3. The number of carbonyl (C=O) groups excluding carboxylic acids is 1. The van der Waals surface area contributed by atoms with Gasteiger partial charge in [-0.15, -0.1) is 11.3 Å². The molecule has 1 saturated heterocycles. The molecule has 1 aliphatic heterocycles. The van der Waals surface area contributed by atoms with Gasteiger partial charge < -0.3 is 14.5 Å². The number of aryl methyl sites for hydroxylation is 1. The van der Waals surface area contributed by atoms with Crippen LogP contribution in [0.2, 0.25) is 0 Å². The van der Waals surface area contributed by atoms with Crippen molar-refractivity contribution in [1.29, 1.82) is 0 Å². The van der Waals surface area contributed by atoms with Crippen LogP contribution in [0.5, 0.6) is 0 Å². The highest BCUT2D eigenvalue weighted by molar-refractivity contribution is 7.16. The lowest BCUT2D eigenvalue weighted by molar-refractivity contribution is -0.920. The molecular weight excluding hydrogens is 428 g/mol. The highest BCUT2D eigenvalue weighted by atomic mass is 32.1. The van der Waals surface area contributed by atoms with Gasteiger partial charge in [-0.25, -0.2) is 0 Å². The summed E-state index contributed by atoms with van der Waals surface area (Å²) < 4.78 is 6.66. The molecule has 2 heterocycles. The normalized spacial score (nSPS) is 22.5. The van der Waals surface area contributed by atoms with E-state index in [1.54, 1.807) is 17.4 Å². The SMILES string of the molecule is Cc1ccc(-c2ccc(/C=C/C(=O)NC3CCC(C[N+](C)(C)C4CCOCC4)CC3)s2)cc1. The number of hydrogen-bond donors (Lipinski definition) is 1. The monoisotopic (exact) mass is 467 g/mol. The summed E-state index contributed by atoms with van der Waals surface area (Å²) in [4.78, 5) is 14.8. The molecule has 1 N–H and O–H groups in total. The maximum Gasteiger partial charge on any atom is 0.244 e. The Morgan fingerprint density at radius 1 is 1.03 bits per heavy atom. The van der Waals surface area contributed by atoms with Crippen LogP contribution in [0.25, 0.3) is 16.5 Å². The molecule has 2 aliphatic rings. The molecule has 0 unspecified atom stereocenters. The molecule has 1 amide bonds. The summed E-state index contributed by atoms with van der Waals surface area (Å²) in [5.41, 5.74) is 2.49. The molecule has 4 nitrogen and oxygen atoms in total.